The lowest BCUT2D eigenvalue weighted by Gasteiger charge is -2.14. The van der Waals surface area contributed by atoms with E-state index in [1.807, 2.05) is 0 Å². The van der Waals surface area contributed by atoms with Gasteiger partial charge in [-0.05, 0) is 48.6 Å². The highest BCUT2D eigenvalue weighted by molar-refractivity contribution is 5.72. The minimum absolute atomic E-state index is 0.264. The van der Waals surface area contributed by atoms with Crippen molar-refractivity contribution in [1.82, 2.24) is 0 Å². The van der Waals surface area contributed by atoms with E-state index in [1.165, 1.54) is 12.1 Å². The van der Waals surface area contributed by atoms with E-state index in [9.17, 15) is 35.8 Å². The standard InChI is InChI=1S/C23H16F8O/c1-2-11-3-5-13(15(24)7-11)20-19(32)10-16(25)14(22(20)28)6-4-12-8-17(26)21(18(27)9-12)23(29,30)31/h3,5,7-10,32H,2,4,6H2,1H3. The fourth-order valence-electron chi connectivity index (χ4n) is 3.42. The van der Waals surface area contributed by atoms with Gasteiger partial charge in [-0.1, -0.05) is 19.1 Å². The molecule has 3 aromatic rings. The van der Waals surface area contributed by atoms with Crippen LogP contribution >= 0.6 is 0 Å². The molecule has 0 atom stereocenters. The summed E-state index contributed by atoms with van der Waals surface area (Å²) in [5.41, 5.74) is -3.23. The van der Waals surface area contributed by atoms with Gasteiger partial charge in [-0.3, -0.25) is 0 Å². The summed E-state index contributed by atoms with van der Waals surface area (Å²) < 4.78 is 109. The van der Waals surface area contributed by atoms with Crippen molar-refractivity contribution in [3.8, 4) is 16.9 Å². The summed E-state index contributed by atoms with van der Waals surface area (Å²) in [6.45, 7) is 1.77. The van der Waals surface area contributed by atoms with E-state index in [-0.39, 0.29) is 11.1 Å². The van der Waals surface area contributed by atoms with Gasteiger partial charge in [0.05, 0.1) is 5.56 Å². The van der Waals surface area contributed by atoms with Crippen molar-refractivity contribution >= 4 is 0 Å². The molecule has 0 aliphatic carbocycles. The molecule has 3 aromatic carbocycles. The van der Waals surface area contributed by atoms with Crippen LogP contribution in [-0.2, 0) is 25.4 Å². The molecular weight excluding hydrogens is 444 g/mol. The third-order valence-electron chi connectivity index (χ3n) is 5.05. The highest BCUT2D eigenvalue weighted by Gasteiger charge is 2.37. The molecule has 3 rings (SSSR count). The van der Waals surface area contributed by atoms with Gasteiger partial charge < -0.3 is 5.11 Å². The molecule has 1 nitrogen and oxygen atoms in total. The van der Waals surface area contributed by atoms with Crippen molar-refractivity contribution in [2.45, 2.75) is 32.4 Å². The molecule has 0 fully saturated rings. The molecular formula is C23H16F8O. The number of phenols is 1. The van der Waals surface area contributed by atoms with Crippen LogP contribution in [0.4, 0.5) is 35.1 Å². The van der Waals surface area contributed by atoms with Crippen LogP contribution in [0.15, 0.2) is 36.4 Å². The largest absolute Gasteiger partial charge is 0.507 e. The lowest BCUT2D eigenvalue weighted by Crippen LogP contribution is -2.12. The Bertz CT molecular complexity index is 1140. The van der Waals surface area contributed by atoms with Gasteiger partial charge in [0, 0.05) is 17.2 Å². The summed E-state index contributed by atoms with van der Waals surface area (Å²) >= 11 is 0. The summed E-state index contributed by atoms with van der Waals surface area (Å²) in [5, 5.41) is 10.0. The van der Waals surface area contributed by atoms with Gasteiger partial charge in [0.2, 0.25) is 0 Å². The molecule has 0 bridgehead atoms. The van der Waals surface area contributed by atoms with Crippen molar-refractivity contribution in [3.63, 3.8) is 0 Å². The number of hydrogen-bond acceptors (Lipinski definition) is 1. The average molecular weight is 460 g/mol. The first-order valence-electron chi connectivity index (χ1n) is 9.47. The highest BCUT2D eigenvalue weighted by atomic mass is 19.4. The van der Waals surface area contributed by atoms with Crippen LogP contribution in [0.2, 0.25) is 0 Å². The Labute approximate surface area is 177 Å². The summed E-state index contributed by atoms with van der Waals surface area (Å²) in [7, 11) is 0. The second kappa shape index (κ2) is 8.80. The smallest absolute Gasteiger partial charge is 0.422 e. The predicted molar refractivity (Wildman–Crippen MR) is 102 cm³/mol. The van der Waals surface area contributed by atoms with Crippen LogP contribution < -0.4 is 0 Å². The summed E-state index contributed by atoms with van der Waals surface area (Å²) in [5.74, 6) is -7.86. The number of aryl methyl sites for hydroxylation is 2. The van der Waals surface area contributed by atoms with Crippen molar-refractivity contribution in [1.29, 1.82) is 0 Å². The SMILES string of the molecule is CCc1ccc(-c2c(O)cc(F)c(CCc3cc(F)c(C(F)(F)F)c(F)c3)c2F)c(F)c1. The Hall–Kier alpha value is -3.10. The van der Waals surface area contributed by atoms with Gasteiger partial charge in [0.1, 0.15) is 40.4 Å². The lowest BCUT2D eigenvalue weighted by molar-refractivity contribution is -0.142. The fourth-order valence-corrected chi connectivity index (χ4v) is 3.42. The van der Waals surface area contributed by atoms with Crippen LogP contribution in [0.1, 0.15) is 29.2 Å². The van der Waals surface area contributed by atoms with Crippen molar-refractivity contribution in [2.75, 3.05) is 0 Å². The van der Waals surface area contributed by atoms with Gasteiger partial charge in [-0.15, -0.1) is 0 Å². The average Bonchev–Trinajstić information content (AvgIpc) is 2.67. The zero-order chi connectivity index (χ0) is 23.8. The summed E-state index contributed by atoms with van der Waals surface area (Å²) in [6, 6.07) is 5.33. The normalized spacial score (nSPS) is 11.8. The molecule has 1 N–H and O–H groups in total. The molecule has 0 unspecified atom stereocenters. The molecule has 0 saturated heterocycles. The first kappa shape index (κ1) is 23.6. The number of aromatic hydroxyl groups is 1. The molecule has 0 spiro atoms. The number of halogens is 8. The van der Waals surface area contributed by atoms with Crippen LogP contribution in [0.5, 0.6) is 5.75 Å². The van der Waals surface area contributed by atoms with E-state index < -0.39 is 70.5 Å². The Morgan fingerprint density at radius 3 is 1.88 bits per heavy atom. The Morgan fingerprint density at radius 2 is 1.34 bits per heavy atom. The second-order valence-corrected chi connectivity index (χ2v) is 7.15. The van der Waals surface area contributed by atoms with Crippen molar-refractivity contribution in [2.24, 2.45) is 0 Å². The van der Waals surface area contributed by atoms with E-state index in [0.29, 0.717) is 30.2 Å². The van der Waals surface area contributed by atoms with E-state index >= 15 is 4.39 Å². The van der Waals surface area contributed by atoms with Gasteiger partial charge in [0.15, 0.2) is 0 Å². The Kier molecular flexibility index (Phi) is 6.48. The van der Waals surface area contributed by atoms with E-state index in [0.717, 1.165) is 6.07 Å². The van der Waals surface area contributed by atoms with Crippen LogP contribution in [-0.4, -0.2) is 5.11 Å². The monoisotopic (exact) mass is 460 g/mol. The number of benzene rings is 3. The van der Waals surface area contributed by atoms with Crippen molar-refractivity contribution in [3.05, 3.63) is 87.7 Å². The quantitative estimate of drug-likeness (QED) is 0.402. The molecule has 0 aromatic heterocycles. The molecule has 32 heavy (non-hydrogen) atoms. The van der Waals surface area contributed by atoms with Crippen molar-refractivity contribution < 1.29 is 40.2 Å². The van der Waals surface area contributed by atoms with Gasteiger partial charge in [0.25, 0.3) is 0 Å². The maximum atomic E-state index is 15.1. The molecule has 0 aliphatic heterocycles. The predicted octanol–water partition coefficient (Wildman–Crippen LogP) is 7.12. The summed E-state index contributed by atoms with van der Waals surface area (Å²) in [4.78, 5) is 0. The van der Waals surface area contributed by atoms with Gasteiger partial charge in [-0.25, -0.2) is 22.0 Å². The van der Waals surface area contributed by atoms with E-state index in [2.05, 4.69) is 0 Å². The molecule has 0 heterocycles. The topological polar surface area (TPSA) is 20.2 Å². The molecule has 0 amide bonds. The first-order chi connectivity index (χ1) is 14.9. The molecule has 0 aliphatic rings. The second-order valence-electron chi connectivity index (χ2n) is 7.15. The molecule has 9 heteroatoms. The van der Waals surface area contributed by atoms with Gasteiger partial charge >= 0.3 is 6.18 Å². The van der Waals surface area contributed by atoms with Crippen LogP contribution in [0.25, 0.3) is 11.1 Å². The third-order valence-corrected chi connectivity index (χ3v) is 5.05. The maximum absolute atomic E-state index is 15.1. The minimum atomic E-state index is -5.24. The molecule has 0 saturated carbocycles. The number of rotatable bonds is 5. The molecule has 170 valence electrons. The van der Waals surface area contributed by atoms with Crippen LogP contribution in [0.3, 0.4) is 0 Å². The van der Waals surface area contributed by atoms with E-state index in [1.54, 1.807) is 6.92 Å². The number of alkyl halides is 3. The maximum Gasteiger partial charge on any atom is 0.422 e. The third kappa shape index (κ3) is 4.56. The summed E-state index contributed by atoms with van der Waals surface area (Å²) in [6.07, 6.45) is -5.67. The lowest BCUT2D eigenvalue weighted by atomic mass is 9.95. The molecule has 0 radical (unpaired) electrons. The van der Waals surface area contributed by atoms with Crippen LogP contribution in [0, 0.1) is 29.1 Å². The fraction of sp³-hybridized carbons (Fsp3) is 0.217. The Balaban J connectivity index is 1.98. The minimum Gasteiger partial charge on any atom is -0.507 e. The highest BCUT2D eigenvalue weighted by Crippen LogP contribution is 2.38. The first-order valence-corrected chi connectivity index (χ1v) is 9.47. The zero-order valence-electron chi connectivity index (χ0n) is 16.6. The number of hydrogen-bond donors (Lipinski definition) is 1. The van der Waals surface area contributed by atoms with E-state index in [4.69, 9.17) is 0 Å². The number of phenolic OH excluding ortho intramolecular Hbond substituents is 1. The Morgan fingerprint density at radius 1 is 0.750 bits per heavy atom. The van der Waals surface area contributed by atoms with Gasteiger partial charge in [-0.2, -0.15) is 13.2 Å². The zero-order valence-corrected chi connectivity index (χ0v) is 16.6.